The van der Waals surface area contributed by atoms with E-state index in [1.807, 2.05) is 30.3 Å². The summed E-state index contributed by atoms with van der Waals surface area (Å²) in [6, 6.07) is 10.0. The van der Waals surface area contributed by atoms with E-state index in [9.17, 15) is 4.79 Å². The van der Waals surface area contributed by atoms with Gasteiger partial charge in [0.2, 0.25) is 0 Å². The Morgan fingerprint density at radius 1 is 1.15 bits per heavy atom. The predicted octanol–water partition coefficient (Wildman–Crippen LogP) is 3.25. The Balaban J connectivity index is 0.00000200. The van der Waals surface area contributed by atoms with E-state index in [4.69, 9.17) is 10.5 Å². The normalized spacial score (nSPS) is 17.1. The molecule has 1 saturated carbocycles. The molecule has 0 radical (unpaired) electrons. The number of hydrogen-bond acceptors (Lipinski definition) is 3. The Morgan fingerprint density at radius 2 is 1.80 bits per heavy atom. The van der Waals surface area contributed by atoms with Gasteiger partial charge in [-0.1, -0.05) is 36.8 Å². The second kappa shape index (κ2) is 8.28. The molecule has 0 aliphatic heterocycles. The third kappa shape index (κ3) is 4.80. The molecule has 0 atom stereocenters. The number of carbonyl (C=O) groups is 1. The molecule has 20 heavy (non-hydrogen) atoms. The van der Waals surface area contributed by atoms with E-state index in [1.54, 1.807) is 0 Å². The lowest BCUT2D eigenvalue weighted by molar-refractivity contribution is -0.162. The topological polar surface area (TPSA) is 52.3 Å². The molecular weight excluding hydrogens is 274 g/mol. The summed E-state index contributed by atoms with van der Waals surface area (Å²) in [6.45, 7) is 0.448. The second-order valence-corrected chi connectivity index (χ2v) is 5.41. The average molecular weight is 298 g/mol. The lowest BCUT2D eigenvalue weighted by atomic mass is 9.84. The van der Waals surface area contributed by atoms with Crippen LogP contribution in [-0.2, 0) is 16.0 Å². The van der Waals surface area contributed by atoms with Gasteiger partial charge in [0.25, 0.3) is 0 Å². The summed E-state index contributed by atoms with van der Waals surface area (Å²) in [7, 11) is 0. The number of ether oxygens (including phenoxy) is 1. The summed E-state index contributed by atoms with van der Waals surface area (Å²) < 4.78 is 5.69. The second-order valence-electron chi connectivity index (χ2n) is 5.41. The summed E-state index contributed by atoms with van der Waals surface area (Å²) in [5.41, 5.74) is 6.60. The van der Waals surface area contributed by atoms with Crippen LogP contribution in [0.2, 0.25) is 0 Å². The molecule has 3 nitrogen and oxygen atoms in total. The van der Waals surface area contributed by atoms with Crippen LogP contribution in [0.5, 0.6) is 0 Å². The van der Waals surface area contributed by atoms with Crippen molar-refractivity contribution in [1.29, 1.82) is 0 Å². The minimum Gasteiger partial charge on any atom is -0.458 e. The zero-order valence-corrected chi connectivity index (χ0v) is 12.7. The quantitative estimate of drug-likeness (QED) is 0.849. The molecular formula is C16H24ClNO2. The molecule has 0 spiro atoms. The summed E-state index contributed by atoms with van der Waals surface area (Å²) >= 11 is 0. The largest absolute Gasteiger partial charge is 0.458 e. The molecule has 1 aliphatic rings. The molecule has 1 aliphatic carbocycles. The van der Waals surface area contributed by atoms with Gasteiger partial charge in [-0.3, -0.25) is 4.79 Å². The number of nitrogens with two attached hydrogens (primary N) is 1. The van der Waals surface area contributed by atoms with Gasteiger partial charge in [-0.25, -0.2) is 0 Å². The lowest BCUT2D eigenvalue weighted by Crippen LogP contribution is -2.44. The highest BCUT2D eigenvalue weighted by molar-refractivity contribution is 5.85. The Kier molecular flexibility index (Phi) is 7.03. The molecule has 0 heterocycles. The maximum atomic E-state index is 12.0. The van der Waals surface area contributed by atoms with Crippen LogP contribution in [0, 0.1) is 0 Å². The van der Waals surface area contributed by atoms with Crippen LogP contribution >= 0.6 is 12.4 Å². The van der Waals surface area contributed by atoms with Gasteiger partial charge in [-0.2, -0.15) is 0 Å². The van der Waals surface area contributed by atoms with Gasteiger partial charge in [0, 0.05) is 13.0 Å². The number of benzene rings is 1. The van der Waals surface area contributed by atoms with Crippen molar-refractivity contribution < 1.29 is 9.53 Å². The fourth-order valence-electron chi connectivity index (χ4n) is 2.73. The van der Waals surface area contributed by atoms with Gasteiger partial charge >= 0.3 is 5.97 Å². The van der Waals surface area contributed by atoms with Crippen LogP contribution in [0.3, 0.4) is 0 Å². The van der Waals surface area contributed by atoms with Crippen LogP contribution in [0.1, 0.15) is 44.1 Å². The highest BCUT2D eigenvalue weighted by Crippen LogP contribution is 2.31. The zero-order valence-electron chi connectivity index (χ0n) is 11.8. The van der Waals surface area contributed by atoms with E-state index in [2.05, 4.69) is 0 Å². The summed E-state index contributed by atoms with van der Waals surface area (Å²) in [5.74, 6) is -0.115. The first-order valence-corrected chi connectivity index (χ1v) is 7.20. The van der Waals surface area contributed by atoms with Crippen molar-refractivity contribution in [3.8, 4) is 0 Å². The Labute approximate surface area is 127 Å². The molecule has 112 valence electrons. The van der Waals surface area contributed by atoms with Crippen molar-refractivity contribution in [3.05, 3.63) is 35.9 Å². The van der Waals surface area contributed by atoms with Crippen LogP contribution in [0.4, 0.5) is 0 Å². The number of esters is 1. The summed E-state index contributed by atoms with van der Waals surface area (Å²) in [6.07, 6.45) is 6.46. The first-order chi connectivity index (χ1) is 9.24. The van der Waals surface area contributed by atoms with E-state index in [0.717, 1.165) is 32.1 Å². The average Bonchev–Trinajstić information content (AvgIpc) is 2.47. The van der Waals surface area contributed by atoms with Crippen molar-refractivity contribution in [1.82, 2.24) is 0 Å². The standard InChI is InChI=1S/C16H23NO2.ClH/c17-13-16(11-5-2-6-12-16)19-15(18)10-9-14-7-3-1-4-8-14;/h1,3-4,7-8H,2,5-6,9-13,17H2;1H. The maximum Gasteiger partial charge on any atom is 0.306 e. The molecule has 0 amide bonds. The van der Waals surface area contributed by atoms with Crippen LogP contribution < -0.4 is 5.73 Å². The molecule has 1 aromatic carbocycles. The summed E-state index contributed by atoms with van der Waals surface area (Å²) in [4.78, 5) is 12.0. The minimum absolute atomic E-state index is 0. The van der Waals surface area contributed by atoms with E-state index in [0.29, 0.717) is 13.0 Å². The van der Waals surface area contributed by atoms with Gasteiger partial charge < -0.3 is 10.5 Å². The van der Waals surface area contributed by atoms with Gasteiger partial charge in [-0.15, -0.1) is 12.4 Å². The van der Waals surface area contributed by atoms with E-state index < -0.39 is 0 Å². The lowest BCUT2D eigenvalue weighted by Gasteiger charge is -2.35. The van der Waals surface area contributed by atoms with Gasteiger partial charge in [-0.05, 0) is 37.7 Å². The van der Waals surface area contributed by atoms with E-state index >= 15 is 0 Å². The van der Waals surface area contributed by atoms with Crippen LogP contribution in [0.25, 0.3) is 0 Å². The number of halogens is 1. The van der Waals surface area contributed by atoms with Crippen LogP contribution in [0.15, 0.2) is 30.3 Å². The Morgan fingerprint density at radius 3 is 2.40 bits per heavy atom. The zero-order chi connectivity index (χ0) is 13.6. The van der Waals surface area contributed by atoms with Crippen molar-refractivity contribution in [3.63, 3.8) is 0 Å². The molecule has 4 heteroatoms. The molecule has 1 aromatic rings. The first kappa shape index (κ1) is 17.0. The molecule has 0 unspecified atom stereocenters. The molecule has 1 fully saturated rings. The van der Waals surface area contributed by atoms with Crippen molar-refractivity contribution in [2.24, 2.45) is 5.73 Å². The highest BCUT2D eigenvalue weighted by Gasteiger charge is 2.34. The van der Waals surface area contributed by atoms with Gasteiger partial charge in [0.15, 0.2) is 0 Å². The van der Waals surface area contributed by atoms with Crippen molar-refractivity contribution >= 4 is 18.4 Å². The molecule has 0 aromatic heterocycles. The first-order valence-electron chi connectivity index (χ1n) is 7.20. The summed E-state index contributed by atoms with van der Waals surface area (Å²) in [5, 5.41) is 0. The van der Waals surface area contributed by atoms with Crippen molar-refractivity contribution in [2.75, 3.05) is 6.54 Å². The van der Waals surface area contributed by atoms with Gasteiger partial charge in [0.05, 0.1) is 0 Å². The SMILES string of the molecule is Cl.NCC1(OC(=O)CCc2ccccc2)CCCCC1. The predicted molar refractivity (Wildman–Crippen MR) is 83.0 cm³/mol. The highest BCUT2D eigenvalue weighted by atomic mass is 35.5. The number of rotatable bonds is 5. The number of aryl methyl sites for hydroxylation is 1. The molecule has 0 bridgehead atoms. The maximum absolute atomic E-state index is 12.0. The number of hydrogen-bond donors (Lipinski definition) is 1. The van der Waals surface area contributed by atoms with Crippen LogP contribution in [-0.4, -0.2) is 18.1 Å². The Bertz CT molecular complexity index is 402. The molecule has 2 rings (SSSR count). The third-order valence-corrected chi connectivity index (χ3v) is 3.93. The monoisotopic (exact) mass is 297 g/mol. The van der Waals surface area contributed by atoms with Gasteiger partial charge in [0.1, 0.15) is 5.60 Å². The molecule has 2 N–H and O–H groups in total. The fourth-order valence-corrected chi connectivity index (χ4v) is 2.73. The number of carbonyl (C=O) groups excluding carboxylic acids is 1. The Hall–Kier alpha value is -1.06. The van der Waals surface area contributed by atoms with E-state index in [1.165, 1.54) is 12.0 Å². The smallest absolute Gasteiger partial charge is 0.306 e. The minimum atomic E-state index is -0.383. The third-order valence-electron chi connectivity index (χ3n) is 3.93. The van der Waals surface area contributed by atoms with E-state index in [-0.39, 0.29) is 24.0 Å². The van der Waals surface area contributed by atoms with Crippen molar-refractivity contribution in [2.45, 2.75) is 50.5 Å². The molecule has 0 saturated heterocycles. The fraction of sp³-hybridized carbons (Fsp3) is 0.562.